The smallest absolute Gasteiger partial charge is 0.340 e. The molecule has 0 N–H and O–H groups in total. The second-order valence-corrected chi connectivity index (χ2v) is 11.2. The molecule has 0 amide bonds. The summed E-state index contributed by atoms with van der Waals surface area (Å²) in [5.74, 6) is 0.421. The maximum Gasteiger partial charge on any atom is 2.00 e. The van der Waals surface area contributed by atoms with Crippen LogP contribution in [0.2, 0.25) is 13.1 Å². The Morgan fingerprint density at radius 2 is 1.26 bits per heavy atom. The van der Waals surface area contributed by atoms with Gasteiger partial charge in [-0.15, -0.1) is 0 Å². The Morgan fingerprint density at radius 1 is 0.870 bits per heavy atom. The maximum absolute atomic E-state index is 4.34. The molecule has 0 aliphatic carbocycles. The Bertz CT molecular complexity index is 520. The van der Waals surface area contributed by atoms with Gasteiger partial charge < -0.3 is 13.3 Å². The van der Waals surface area contributed by atoms with Crippen molar-refractivity contribution >= 4 is 13.3 Å². The zero-order valence-corrected chi connectivity index (χ0v) is 19.4. The summed E-state index contributed by atoms with van der Waals surface area (Å²) in [5.41, 5.74) is 1.99. The Hall–Kier alpha value is -0.720. The molecular formula is C21H30SiZn. The second kappa shape index (κ2) is 10.9. The minimum Gasteiger partial charge on any atom is -0.340 e. The Labute approximate surface area is 157 Å². The average molecular weight is 376 g/mol. The van der Waals surface area contributed by atoms with Crippen LogP contribution in [0.4, 0.5) is 0 Å². The van der Waals surface area contributed by atoms with Gasteiger partial charge in [0.2, 0.25) is 0 Å². The van der Waals surface area contributed by atoms with Crippen molar-refractivity contribution in [3.63, 3.8) is 0 Å². The van der Waals surface area contributed by atoms with Crippen LogP contribution >= 0.6 is 0 Å². The number of rotatable bonds is 4. The van der Waals surface area contributed by atoms with Crippen LogP contribution in [0.25, 0.3) is 0 Å². The van der Waals surface area contributed by atoms with Crippen molar-refractivity contribution in [3.05, 3.63) is 79.6 Å². The summed E-state index contributed by atoms with van der Waals surface area (Å²) in [5, 5.41) is 1.51. The molecule has 0 radical (unpaired) electrons. The molecule has 0 bridgehead atoms. The van der Waals surface area contributed by atoms with E-state index in [-0.39, 0.29) is 19.5 Å². The van der Waals surface area contributed by atoms with E-state index < -0.39 is 8.07 Å². The van der Waals surface area contributed by atoms with Crippen molar-refractivity contribution in [2.24, 2.45) is 5.92 Å². The minimum absolute atomic E-state index is 0. The van der Waals surface area contributed by atoms with E-state index in [2.05, 4.69) is 87.6 Å². The largest absolute Gasteiger partial charge is 2.00 e. The van der Waals surface area contributed by atoms with Crippen LogP contribution in [-0.2, 0) is 19.5 Å². The fourth-order valence-electron chi connectivity index (χ4n) is 3.16. The van der Waals surface area contributed by atoms with Crippen molar-refractivity contribution in [1.82, 2.24) is 0 Å². The van der Waals surface area contributed by atoms with E-state index >= 15 is 0 Å². The summed E-state index contributed by atoms with van der Waals surface area (Å²) < 4.78 is 0. The van der Waals surface area contributed by atoms with Gasteiger partial charge in [-0.25, -0.2) is 0 Å². The van der Waals surface area contributed by atoms with Gasteiger partial charge in [0.1, 0.15) is 0 Å². The Kier molecular flexibility index (Phi) is 10.6. The van der Waals surface area contributed by atoms with Gasteiger partial charge in [-0.1, -0.05) is 85.9 Å². The molecule has 2 heteroatoms. The summed E-state index contributed by atoms with van der Waals surface area (Å²) >= 11 is 0. The third-order valence-electron chi connectivity index (χ3n) is 4.02. The van der Waals surface area contributed by atoms with Crippen molar-refractivity contribution in [2.75, 3.05) is 0 Å². The molecular weight excluding hydrogens is 346 g/mol. The molecule has 0 saturated heterocycles. The predicted molar refractivity (Wildman–Crippen MR) is 103 cm³/mol. The maximum atomic E-state index is 4.34. The molecule has 0 aliphatic rings. The van der Waals surface area contributed by atoms with E-state index in [9.17, 15) is 0 Å². The average Bonchev–Trinajstić information content (AvgIpc) is 2.49. The molecule has 0 spiro atoms. The monoisotopic (exact) mass is 374 g/mol. The van der Waals surface area contributed by atoms with Crippen molar-refractivity contribution in [1.29, 1.82) is 0 Å². The first-order valence-electron chi connectivity index (χ1n) is 8.12. The normalized spacial score (nSPS) is 13.1. The third kappa shape index (κ3) is 6.36. The van der Waals surface area contributed by atoms with Crippen LogP contribution in [0, 0.1) is 19.3 Å². The zero-order chi connectivity index (χ0) is 16.6. The first kappa shape index (κ1) is 22.3. The summed E-state index contributed by atoms with van der Waals surface area (Å²) in [6.45, 7) is 15.5. The molecule has 0 aliphatic heterocycles. The fraction of sp³-hybridized carbons (Fsp3) is 0.333. The van der Waals surface area contributed by atoms with Gasteiger partial charge in [0.15, 0.2) is 0 Å². The van der Waals surface area contributed by atoms with E-state index in [0.717, 1.165) is 0 Å². The van der Waals surface area contributed by atoms with Crippen molar-refractivity contribution in [3.8, 4) is 0 Å². The first-order chi connectivity index (χ1) is 10.4. The van der Waals surface area contributed by atoms with Crippen LogP contribution in [0.1, 0.15) is 31.9 Å². The molecule has 0 aromatic heterocycles. The number of hydrogen-bond donors (Lipinski definition) is 0. The molecule has 0 fully saturated rings. The van der Waals surface area contributed by atoms with Gasteiger partial charge in [-0.3, -0.25) is 0 Å². The zero-order valence-electron chi connectivity index (χ0n) is 15.4. The molecule has 0 nitrogen and oxygen atoms in total. The van der Waals surface area contributed by atoms with E-state index in [1.54, 1.807) is 0 Å². The molecule has 23 heavy (non-hydrogen) atoms. The van der Waals surface area contributed by atoms with E-state index in [0.29, 0.717) is 11.5 Å². The van der Waals surface area contributed by atoms with Crippen molar-refractivity contribution in [2.45, 2.75) is 39.4 Å². The van der Waals surface area contributed by atoms with Crippen LogP contribution in [0.3, 0.4) is 0 Å². The quantitative estimate of drug-likeness (QED) is 0.480. The summed E-state index contributed by atoms with van der Waals surface area (Å²) in [6.07, 6.45) is 2.00. The number of hydrogen-bond acceptors (Lipinski definition) is 0. The van der Waals surface area contributed by atoms with E-state index in [1.807, 2.05) is 20.3 Å². The van der Waals surface area contributed by atoms with Crippen LogP contribution in [-0.4, -0.2) is 8.07 Å². The molecule has 2 atom stereocenters. The Morgan fingerprint density at radius 3 is 1.65 bits per heavy atom. The van der Waals surface area contributed by atoms with Gasteiger partial charge in [0.25, 0.3) is 0 Å². The van der Waals surface area contributed by atoms with Crippen LogP contribution < -0.4 is 5.19 Å². The second-order valence-electron chi connectivity index (χ2n) is 6.53. The van der Waals surface area contributed by atoms with Crippen LogP contribution in [0.5, 0.6) is 0 Å². The SMILES string of the molecule is C[CH-]C.[CH2-][C@H](C)[C@H](c1ccccc1)[Si](C)(C)c1ccccc1.[Zn+2]. The van der Waals surface area contributed by atoms with E-state index in [1.165, 1.54) is 10.8 Å². The van der Waals surface area contributed by atoms with E-state index in [4.69, 9.17) is 0 Å². The van der Waals surface area contributed by atoms with Gasteiger partial charge in [-0.05, 0) is 11.1 Å². The van der Waals surface area contributed by atoms with Gasteiger partial charge in [0.05, 0.1) is 8.07 Å². The van der Waals surface area contributed by atoms with Crippen molar-refractivity contribution < 1.29 is 19.5 Å². The summed E-state index contributed by atoms with van der Waals surface area (Å²) in [7, 11) is -1.58. The van der Waals surface area contributed by atoms with Gasteiger partial charge >= 0.3 is 19.5 Å². The third-order valence-corrected chi connectivity index (χ3v) is 8.30. The molecule has 2 aromatic carbocycles. The van der Waals surface area contributed by atoms with Gasteiger partial charge in [0, 0.05) is 0 Å². The Balaban J connectivity index is 0.00000112. The molecule has 0 unspecified atom stereocenters. The number of benzene rings is 2. The summed E-state index contributed by atoms with van der Waals surface area (Å²) in [6, 6.07) is 21.8. The molecule has 2 aromatic rings. The van der Waals surface area contributed by atoms with Gasteiger partial charge in [-0.2, -0.15) is 19.8 Å². The summed E-state index contributed by atoms with van der Waals surface area (Å²) in [4.78, 5) is 0. The fourth-order valence-corrected chi connectivity index (χ4v) is 7.02. The minimum atomic E-state index is -1.58. The molecule has 0 heterocycles. The molecule has 0 saturated carbocycles. The van der Waals surface area contributed by atoms with Crippen LogP contribution in [0.15, 0.2) is 60.7 Å². The predicted octanol–water partition coefficient (Wildman–Crippen LogP) is 5.62. The molecule has 2 rings (SSSR count). The topological polar surface area (TPSA) is 0 Å². The molecule has 120 valence electrons. The standard InChI is InChI=1S/C18H23Si.C3H7.Zn/c1-15(2)18(16-11-7-5-8-12-16)19(3,4)17-13-9-6-10-14-17;1-3-2;/h5-15,18H,1H2,2-4H3;3H,1-2H3;/q2*-1;+2/t15-,18-;;/m1../s1. The first-order valence-corrected chi connectivity index (χ1v) is 11.2.